The van der Waals surface area contributed by atoms with Gasteiger partial charge in [0.05, 0.1) is 15.4 Å². The molecule has 0 aliphatic carbocycles. The van der Waals surface area contributed by atoms with Crippen molar-refractivity contribution >= 4 is 29.0 Å². The van der Waals surface area contributed by atoms with E-state index in [0.717, 1.165) is 28.7 Å². The standard InChI is InChI=1S/C24H21F3N2O3S/c1-23(2,3)16-7-10-19(11-8-16)33-21-12-9-18(14-20(21)29(31)32)28-22(30)15-5-4-6-17(13-15)24(25,26)27/h4-14H,1-3H3,(H,28,30). The summed E-state index contributed by atoms with van der Waals surface area (Å²) in [5, 5.41) is 14.0. The molecule has 0 aromatic heterocycles. The Bertz CT molecular complexity index is 1190. The number of nitrogens with zero attached hydrogens (tertiary/aromatic N) is 1. The monoisotopic (exact) mass is 474 g/mol. The number of carbonyl (C=O) groups excluding carboxylic acids is 1. The first-order valence-corrected chi connectivity index (χ1v) is 10.7. The number of nitro benzene ring substituents is 1. The van der Waals surface area contributed by atoms with Crippen LogP contribution in [0.5, 0.6) is 0 Å². The van der Waals surface area contributed by atoms with E-state index in [1.165, 1.54) is 36.0 Å². The van der Waals surface area contributed by atoms with Crippen LogP contribution in [0.2, 0.25) is 0 Å². The number of hydrogen-bond donors (Lipinski definition) is 1. The van der Waals surface area contributed by atoms with Crippen molar-refractivity contribution < 1.29 is 22.9 Å². The fourth-order valence-corrected chi connectivity index (χ4v) is 3.91. The molecule has 172 valence electrons. The normalized spacial score (nSPS) is 11.8. The lowest BCUT2D eigenvalue weighted by atomic mass is 9.87. The number of anilines is 1. The van der Waals surface area contributed by atoms with Gasteiger partial charge in [0.25, 0.3) is 11.6 Å². The fraction of sp³-hybridized carbons (Fsp3) is 0.208. The first-order valence-electron chi connectivity index (χ1n) is 9.90. The molecule has 0 saturated heterocycles. The van der Waals surface area contributed by atoms with Gasteiger partial charge in [-0.1, -0.05) is 50.7 Å². The van der Waals surface area contributed by atoms with E-state index in [0.29, 0.717) is 4.90 Å². The largest absolute Gasteiger partial charge is 0.416 e. The van der Waals surface area contributed by atoms with Gasteiger partial charge in [0, 0.05) is 22.2 Å². The lowest BCUT2D eigenvalue weighted by Crippen LogP contribution is -2.14. The molecule has 0 fully saturated rings. The summed E-state index contributed by atoms with van der Waals surface area (Å²) in [4.78, 5) is 24.6. The molecule has 3 rings (SSSR count). The molecule has 0 saturated carbocycles. The molecule has 5 nitrogen and oxygen atoms in total. The lowest BCUT2D eigenvalue weighted by molar-refractivity contribution is -0.387. The molecule has 0 bridgehead atoms. The summed E-state index contributed by atoms with van der Waals surface area (Å²) in [5.74, 6) is -0.798. The Morgan fingerprint density at radius 3 is 2.18 bits per heavy atom. The minimum absolute atomic E-state index is 0.0192. The molecule has 3 aromatic rings. The van der Waals surface area contributed by atoms with Gasteiger partial charge in [-0.2, -0.15) is 13.2 Å². The molecule has 33 heavy (non-hydrogen) atoms. The van der Waals surface area contributed by atoms with Crippen molar-refractivity contribution in [3.63, 3.8) is 0 Å². The van der Waals surface area contributed by atoms with E-state index in [9.17, 15) is 28.1 Å². The van der Waals surface area contributed by atoms with Crippen molar-refractivity contribution in [3.8, 4) is 0 Å². The van der Waals surface area contributed by atoms with Crippen LogP contribution in [-0.2, 0) is 11.6 Å². The number of alkyl halides is 3. The van der Waals surface area contributed by atoms with E-state index in [1.807, 2.05) is 24.3 Å². The molecule has 0 unspecified atom stereocenters. The minimum atomic E-state index is -4.58. The van der Waals surface area contributed by atoms with Crippen molar-refractivity contribution in [2.24, 2.45) is 0 Å². The summed E-state index contributed by atoms with van der Waals surface area (Å²) in [6.45, 7) is 6.27. The van der Waals surface area contributed by atoms with Crippen LogP contribution < -0.4 is 5.32 Å². The maximum absolute atomic E-state index is 12.9. The third-order valence-electron chi connectivity index (χ3n) is 4.81. The van der Waals surface area contributed by atoms with Gasteiger partial charge in [0.1, 0.15) is 0 Å². The number of rotatable bonds is 5. The Balaban J connectivity index is 1.81. The summed E-state index contributed by atoms with van der Waals surface area (Å²) < 4.78 is 38.7. The van der Waals surface area contributed by atoms with Crippen LogP contribution in [0.15, 0.2) is 76.5 Å². The average Bonchev–Trinajstić information content (AvgIpc) is 2.74. The molecule has 0 aliphatic heterocycles. The maximum atomic E-state index is 12.9. The zero-order valence-electron chi connectivity index (χ0n) is 18.1. The SMILES string of the molecule is CC(C)(C)c1ccc(Sc2ccc(NC(=O)c3cccc(C(F)(F)F)c3)cc2[N+](=O)[O-])cc1. The molecular formula is C24H21F3N2O3S. The predicted octanol–water partition coefficient (Wildman–Crippen LogP) is 7.31. The maximum Gasteiger partial charge on any atom is 0.416 e. The van der Waals surface area contributed by atoms with E-state index >= 15 is 0 Å². The number of nitrogens with one attached hydrogen (secondary N) is 1. The Labute approximate surface area is 193 Å². The second kappa shape index (κ2) is 9.27. The van der Waals surface area contributed by atoms with E-state index in [4.69, 9.17) is 0 Å². The van der Waals surface area contributed by atoms with Gasteiger partial charge in [-0.15, -0.1) is 0 Å². The highest BCUT2D eigenvalue weighted by molar-refractivity contribution is 7.99. The van der Waals surface area contributed by atoms with Crippen LogP contribution in [-0.4, -0.2) is 10.8 Å². The second-order valence-corrected chi connectivity index (χ2v) is 9.46. The summed E-state index contributed by atoms with van der Waals surface area (Å²) in [6.07, 6.45) is -4.58. The molecule has 0 radical (unpaired) electrons. The summed E-state index contributed by atoms with van der Waals surface area (Å²) in [5.41, 5.74) is -0.156. The summed E-state index contributed by atoms with van der Waals surface area (Å²) in [6, 6.07) is 15.8. The van der Waals surface area contributed by atoms with Crippen molar-refractivity contribution in [2.45, 2.75) is 42.2 Å². The van der Waals surface area contributed by atoms with Gasteiger partial charge >= 0.3 is 6.18 Å². The first-order chi connectivity index (χ1) is 15.3. The highest BCUT2D eigenvalue weighted by atomic mass is 32.2. The first kappa shape index (κ1) is 24.3. The van der Waals surface area contributed by atoms with Gasteiger partial charge < -0.3 is 5.32 Å². The fourth-order valence-electron chi connectivity index (χ4n) is 3.01. The number of nitro groups is 1. The summed E-state index contributed by atoms with van der Waals surface area (Å²) >= 11 is 1.21. The van der Waals surface area contributed by atoms with Gasteiger partial charge in [-0.3, -0.25) is 14.9 Å². The highest BCUT2D eigenvalue weighted by Gasteiger charge is 2.31. The Morgan fingerprint density at radius 2 is 1.61 bits per heavy atom. The van der Waals surface area contributed by atoms with E-state index in [-0.39, 0.29) is 22.4 Å². The third kappa shape index (κ3) is 6.13. The molecule has 3 aromatic carbocycles. The van der Waals surface area contributed by atoms with Gasteiger partial charge in [0.2, 0.25) is 0 Å². The van der Waals surface area contributed by atoms with Crippen LogP contribution in [0.25, 0.3) is 0 Å². The van der Waals surface area contributed by atoms with Crippen molar-refractivity contribution in [2.75, 3.05) is 5.32 Å². The smallest absolute Gasteiger partial charge is 0.322 e. The van der Waals surface area contributed by atoms with Gasteiger partial charge in [0.15, 0.2) is 0 Å². The number of halogens is 3. The lowest BCUT2D eigenvalue weighted by Gasteiger charge is -2.19. The number of benzene rings is 3. The van der Waals surface area contributed by atoms with Crippen LogP contribution >= 0.6 is 11.8 Å². The molecule has 0 heterocycles. The number of carbonyl (C=O) groups is 1. The van der Waals surface area contributed by atoms with Crippen LogP contribution in [0, 0.1) is 10.1 Å². The molecule has 9 heteroatoms. The Morgan fingerprint density at radius 1 is 0.939 bits per heavy atom. The molecule has 0 spiro atoms. The second-order valence-electron chi connectivity index (χ2n) is 8.35. The minimum Gasteiger partial charge on any atom is -0.322 e. The molecule has 0 atom stereocenters. The van der Waals surface area contributed by atoms with E-state index in [1.54, 1.807) is 0 Å². The van der Waals surface area contributed by atoms with E-state index < -0.39 is 22.6 Å². The summed E-state index contributed by atoms with van der Waals surface area (Å²) in [7, 11) is 0. The van der Waals surface area contributed by atoms with Gasteiger partial charge in [-0.25, -0.2) is 0 Å². The third-order valence-corrected chi connectivity index (χ3v) is 5.89. The van der Waals surface area contributed by atoms with Crippen molar-refractivity contribution in [1.82, 2.24) is 0 Å². The zero-order valence-corrected chi connectivity index (χ0v) is 18.9. The van der Waals surface area contributed by atoms with Crippen molar-refractivity contribution in [3.05, 3.63) is 93.5 Å². The average molecular weight is 475 g/mol. The quantitative estimate of drug-likeness (QED) is 0.311. The topological polar surface area (TPSA) is 72.2 Å². The number of amides is 1. The van der Waals surface area contributed by atoms with Crippen LogP contribution in [0.3, 0.4) is 0 Å². The highest BCUT2D eigenvalue weighted by Crippen LogP contribution is 2.37. The van der Waals surface area contributed by atoms with Crippen LogP contribution in [0.4, 0.5) is 24.5 Å². The predicted molar refractivity (Wildman–Crippen MR) is 122 cm³/mol. The van der Waals surface area contributed by atoms with Crippen molar-refractivity contribution in [1.29, 1.82) is 0 Å². The molecular weight excluding hydrogens is 453 g/mol. The Hall–Kier alpha value is -3.33. The van der Waals surface area contributed by atoms with E-state index in [2.05, 4.69) is 26.1 Å². The van der Waals surface area contributed by atoms with Crippen LogP contribution in [0.1, 0.15) is 42.3 Å². The zero-order chi connectivity index (χ0) is 24.4. The molecule has 1 amide bonds. The Kier molecular flexibility index (Phi) is 6.83. The molecule has 0 aliphatic rings. The number of hydrogen-bond acceptors (Lipinski definition) is 4. The molecule has 1 N–H and O–H groups in total. The van der Waals surface area contributed by atoms with Gasteiger partial charge in [-0.05, 0) is 53.4 Å².